The quantitative estimate of drug-likeness (QED) is 0.859. The largest absolute Gasteiger partial charge is 0.300 e. The van der Waals surface area contributed by atoms with Gasteiger partial charge < -0.3 is 4.90 Å². The normalized spacial score (nSPS) is 21.5. The third-order valence-corrected chi connectivity index (χ3v) is 7.40. The molecule has 0 spiro atoms. The lowest BCUT2D eigenvalue weighted by Crippen LogP contribution is -2.45. The van der Waals surface area contributed by atoms with Crippen LogP contribution in [0.25, 0.3) is 10.8 Å². The number of hydrogen-bond donors (Lipinski definition) is 0. The lowest BCUT2D eigenvalue weighted by Gasteiger charge is -2.36. The molecule has 4 rings (SSSR count). The summed E-state index contributed by atoms with van der Waals surface area (Å²) in [5.74, 6) is 0. The van der Waals surface area contributed by atoms with Gasteiger partial charge in [-0.2, -0.15) is 4.31 Å². The molecule has 5 heteroatoms. The Morgan fingerprint density at radius 3 is 2.25 bits per heavy atom. The molecule has 2 aliphatic heterocycles. The first kappa shape index (κ1) is 16.1. The monoisotopic (exact) mass is 344 g/mol. The van der Waals surface area contributed by atoms with Gasteiger partial charge in [-0.3, -0.25) is 0 Å². The number of piperidine rings is 1. The van der Waals surface area contributed by atoms with E-state index >= 15 is 0 Å². The molecule has 0 aromatic heterocycles. The van der Waals surface area contributed by atoms with Gasteiger partial charge in [0.1, 0.15) is 0 Å². The first-order chi connectivity index (χ1) is 11.7. The molecule has 0 saturated carbocycles. The third-order valence-electron chi connectivity index (χ3n) is 5.45. The van der Waals surface area contributed by atoms with Crippen molar-refractivity contribution in [3.63, 3.8) is 0 Å². The summed E-state index contributed by atoms with van der Waals surface area (Å²) < 4.78 is 28.0. The number of rotatable bonds is 3. The zero-order valence-corrected chi connectivity index (χ0v) is 14.7. The standard InChI is InChI=1S/C19H24N2O2S/c22-24(23,19-9-5-7-16-6-1-2-8-18(16)19)21-14-10-17(11-15-21)20-12-3-4-13-20/h1-2,5-9,17H,3-4,10-15H2. The van der Waals surface area contributed by atoms with Crippen LogP contribution in [-0.4, -0.2) is 49.8 Å². The minimum absolute atomic E-state index is 0.445. The number of benzene rings is 2. The zero-order chi connectivity index (χ0) is 16.6. The molecule has 128 valence electrons. The van der Waals surface area contributed by atoms with Crippen LogP contribution in [0.3, 0.4) is 0 Å². The molecule has 0 amide bonds. The Balaban J connectivity index is 1.57. The molecule has 2 saturated heterocycles. The van der Waals surface area contributed by atoms with Crippen LogP contribution in [0.2, 0.25) is 0 Å². The minimum atomic E-state index is -3.42. The second-order valence-electron chi connectivity index (χ2n) is 6.86. The average molecular weight is 344 g/mol. The van der Waals surface area contributed by atoms with Crippen molar-refractivity contribution in [1.82, 2.24) is 9.21 Å². The van der Waals surface area contributed by atoms with Crippen molar-refractivity contribution in [1.29, 1.82) is 0 Å². The van der Waals surface area contributed by atoms with E-state index in [1.807, 2.05) is 36.4 Å². The maximum Gasteiger partial charge on any atom is 0.243 e. The second kappa shape index (κ2) is 6.47. The van der Waals surface area contributed by atoms with Gasteiger partial charge in [0.15, 0.2) is 0 Å². The second-order valence-corrected chi connectivity index (χ2v) is 8.76. The SMILES string of the molecule is O=S(=O)(c1cccc2ccccc12)N1CCC(N2CCCC2)CC1. The molecule has 0 radical (unpaired) electrons. The van der Waals surface area contributed by atoms with Crippen molar-refractivity contribution in [3.8, 4) is 0 Å². The van der Waals surface area contributed by atoms with Crippen molar-refractivity contribution in [2.24, 2.45) is 0 Å². The Hall–Kier alpha value is -1.43. The van der Waals surface area contributed by atoms with Gasteiger partial charge in [0.25, 0.3) is 0 Å². The summed E-state index contributed by atoms with van der Waals surface area (Å²) in [5.41, 5.74) is 0. The van der Waals surface area contributed by atoms with E-state index in [-0.39, 0.29) is 0 Å². The molecule has 4 nitrogen and oxygen atoms in total. The summed E-state index contributed by atoms with van der Waals surface area (Å²) in [6, 6.07) is 13.8. The van der Waals surface area contributed by atoms with Gasteiger partial charge in [-0.05, 0) is 50.2 Å². The van der Waals surface area contributed by atoms with Gasteiger partial charge in [-0.25, -0.2) is 8.42 Å². The van der Waals surface area contributed by atoms with E-state index in [4.69, 9.17) is 0 Å². The molecule has 0 N–H and O–H groups in total. The van der Waals surface area contributed by atoms with Crippen LogP contribution in [0.5, 0.6) is 0 Å². The lowest BCUT2D eigenvalue weighted by molar-refractivity contribution is 0.168. The maximum atomic E-state index is 13.1. The number of nitrogens with zero attached hydrogens (tertiary/aromatic N) is 2. The lowest BCUT2D eigenvalue weighted by atomic mass is 10.1. The van der Waals surface area contributed by atoms with E-state index in [0.717, 1.165) is 23.6 Å². The van der Waals surface area contributed by atoms with Crippen molar-refractivity contribution in [2.75, 3.05) is 26.2 Å². The fraction of sp³-hybridized carbons (Fsp3) is 0.474. The van der Waals surface area contributed by atoms with E-state index in [0.29, 0.717) is 24.0 Å². The molecule has 0 bridgehead atoms. The molecular weight excluding hydrogens is 320 g/mol. The van der Waals surface area contributed by atoms with Gasteiger partial charge in [-0.15, -0.1) is 0 Å². The fourth-order valence-corrected chi connectivity index (χ4v) is 5.80. The van der Waals surface area contributed by atoms with Gasteiger partial charge in [0.2, 0.25) is 10.0 Å². The van der Waals surface area contributed by atoms with E-state index < -0.39 is 10.0 Å². The van der Waals surface area contributed by atoms with Crippen LogP contribution in [0.4, 0.5) is 0 Å². The van der Waals surface area contributed by atoms with Crippen molar-refractivity contribution >= 4 is 20.8 Å². The number of hydrogen-bond acceptors (Lipinski definition) is 3. The van der Waals surface area contributed by atoms with Gasteiger partial charge in [-0.1, -0.05) is 36.4 Å². The van der Waals surface area contributed by atoms with E-state index in [1.165, 1.54) is 25.9 Å². The predicted molar refractivity (Wildman–Crippen MR) is 96.5 cm³/mol. The Labute approximate surface area is 144 Å². The topological polar surface area (TPSA) is 40.6 Å². The smallest absolute Gasteiger partial charge is 0.243 e. The molecule has 24 heavy (non-hydrogen) atoms. The van der Waals surface area contributed by atoms with Crippen molar-refractivity contribution in [2.45, 2.75) is 36.6 Å². The van der Waals surface area contributed by atoms with E-state index in [1.54, 1.807) is 10.4 Å². The predicted octanol–water partition coefficient (Wildman–Crippen LogP) is 3.09. The third kappa shape index (κ3) is 2.85. The Kier molecular flexibility index (Phi) is 4.33. The van der Waals surface area contributed by atoms with E-state index in [9.17, 15) is 8.42 Å². The van der Waals surface area contributed by atoms with Gasteiger partial charge in [0.05, 0.1) is 4.90 Å². The fourth-order valence-electron chi connectivity index (χ4n) is 4.11. The summed E-state index contributed by atoms with van der Waals surface area (Å²) in [5, 5.41) is 1.80. The molecule has 0 aliphatic carbocycles. The molecule has 0 unspecified atom stereocenters. The van der Waals surface area contributed by atoms with Gasteiger partial charge in [0, 0.05) is 24.5 Å². The Morgan fingerprint density at radius 1 is 0.833 bits per heavy atom. The Bertz CT molecular complexity index is 815. The highest BCUT2D eigenvalue weighted by Gasteiger charge is 2.33. The highest BCUT2D eigenvalue weighted by Crippen LogP contribution is 2.29. The highest BCUT2D eigenvalue weighted by molar-refractivity contribution is 7.89. The summed E-state index contributed by atoms with van der Waals surface area (Å²) >= 11 is 0. The summed E-state index contributed by atoms with van der Waals surface area (Å²) in [6.45, 7) is 3.63. The molecule has 2 heterocycles. The number of likely N-dealkylation sites (tertiary alicyclic amines) is 1. The van der Waals surface area contributed by atoms with Crippen LogP contribution in [0.1, 0.15) is 25.7 Å². The molecule has 2 fully saturated rings. The van der Waals surface area contributed by atoms with Crippen LogP contribution < -0.4 is 0 Å². The van der Waals surface area contributed by atoms with Crippen LogP contribution in [-0.2, 0) is 10.0 Å². The van der Waals surface area contributed by atoms with E-state index in [2.05, 4.69) is 4.90 Å². The molecular formula is C19H24N2O2S. The first-order valence-corrected chi connectivity index (χ1v) is 10.3. The Morgan fingerprint density at radius 2 is 1.50 bits per heavy atom. The zero-order valence-electron chi connectivity index (χ0n) is 13.9. The summed E-state index contributed by atoms with van der Waals surface area (Å²) in [4.78, 5) is 2.99. The average Bonchev–Trinajstić information content (AvgIpc) is 3.16. The van der Waals surface area contributed by atoms with Gasteiger partial charge >= 0.3 is 0 Å². The molecule has 0 atom stereocenters. The highest BCUT2D eigenvalue weighted by atomic mass is 32.2. The van der Waals surface area contributed by atoms with Crippen LogP contribution in [0.15, 0.2) is 47.4 Å². The van der Waals surface area contributed by atoms with Crippen LogP contribution >= 0.6 is 0 Å². The maximum absolute atomic E-state index is 13.1. The molecule has 2 aromatic rings. The minimum Gasteiger partial charge on any atom is -0.300 e. The van der Waals surface area contributed by atoms with Crippen molar-refractivity contribution in [3.05, 3.63) is 42.5 Å². The summed E-state index contributed by atoms with van der Waals surface area (Å²) in [6.07, 6.45) is 4.47. The van der Waals surface area contributed by atoms with Crippen molar-refractivity contribution < 1.29 is 8.42 Å². The molecule has 2 aromatic carbocycles. The van der Waals surface area contributed by atoms with Crippen LogP contribution in [0, 0.1) is 0 Å². The molecule has 2 aliphatic rings. The first-order valence-electron chi connectivity index (χ1n) is 8.88. The number of fused-ring (bicyclic) bond motifs is 1. The number of sulfonamides is 1. The summed E-state index contributed by atoms with van der Waals surface area (Å²) in [7, 11) is -3.42.